The van der Waals surface area contributed by atoms with Gasteiger partial charge in [-0.05, 0) is 12.1 Å². The van der Waals surface area contributed by atoms with Gasteiger partial charge in [-0.1, -0.05) is 12.1 Å². The molecule has 2 fully saturated rings. The average molecular weight is 286 g/mol. The van der Waals surface area contributed by atoms with Crippen molar-refractivity contribution in [2.45, 2.75) is 12.6 Å². The number of nitrogens with one attached hydrogen (secondary N) is 2. The van der Waals surface area contributed by atoms with E-state index in [1.165, 1.54) is 0 Å². The summed E-state index contributed by atoms with van der Waals surface area (Å²) in [5.41, 5.74) is 2.04. The van der Waals surface area contributed by atoms with Crippen molar-refractivity contribution in [3.05, 3.63) is 30.1 Å². The smallest absolute Gasteiger partial charge is 0.227 e. The first-order chi connectivity index (χ1) is 10.3. The maximum Gasteiger partial charge on any atom is 0.227 e. The van der Waals surface area contributed by atoms with Crippen LogP contribution in [0.5, 0.6) is 0 Å². The van der Waals surface area contributed by atoms with E-state index >= 15 is 0 Å². The lowest BCUT2D eigenvalue weighted by atomic mass is 10.1. The van der Waals surface area contributed by atoms with Crippen molar-refractivity contribution in [1.82, 2.24) is 20.2 Å². The molecule has 2 N–H and O–H groups in total. The largest absolute Gasteiger partial charge is 0.378 e. The molecule has 1 aromatic carbocycles. The van der Waals surface area contributed by atoms with Crippen LogP contribution in [0.4, 0.5) is 0 Å². The fourth-order valence-corrected chi connectivity index (χ4v) is 3.14. The van der Waals surface area contributed by atoms with Crippen molar-refractivity contribution in [3.8, 4) is 0 Å². The Morgan fingerprint density at radius 1 is 1.29 bits per heavy atom. The molecule has 2 bridgehead atoms. The normalized spacial score (nSPS) is 26.6. The molecule has 0 radical (unpaired) electrons. The number of carbonyl (C=O) groups excluding carboxylic acids is 1. The number of benzene rings is 1. The molecule has 1 amide bonds. The van der Waals surface area contributed by atoms with Crippen molar-refractivity contribution in [3.63, 3.8) is 0 Å². The lowest BCUT2D eigenvalue weighted by Gasteiger charge is -2.26. The number of fused-ring (bicyclic) bond motifs is 4. The molecule has 0 unspecified atom stereocenters. The van der Waals surface area contributed by atoms with E-state index in [1.54, 1.807) is 0 Å². The van der Waals surface area contributed by atoms with Crippen LogP contribution in [-0.2, 0) is 16.1 Å². The Balaban J connectivity index is 1.55. The predicted molar refractivity (Wildman–Crippen MR) is 77.6 cm³/mol. The summed E-state index contributed by atoms with van der Waals surface area (Å²) in [4.78, 5) is 22.2. The minimum atomic E-state index is -0.0816. The second-order valence-electron chi connectivity index (χ2n) is 5.83. The zero-order valence-corrected chi connectivity index (χ0v) is 11.7. The number of hydrogen-bond donors (Lipinski definition) is 2. The molecule has 2 aliphatic heterocycles. The number of hydrogen-bond acceptors (Lipinski definition) is 4. The van der Waals surface area contributed by atoms with Crippen LogP contribution in [0.3, 0.4) is 0 Å². The molecule has 0 saturated carbocycles. The number of rotatable bonds is 2. The maximum atomic E-state index is 12.0. The zero-order valence-electron chi connectivity index (χ0n) is 11.7. The summed E-state index contributed by atoms with van der Waals surface area (Å²) >= 11 is 0. The van der Waals surface area contributed by atoms with Gasteiger partial charge in [-0.3, -0.25) is 9.69 Å². The van der Waals surface area contributed by atoms with Crippen LogP contribution in [0, 0.1) is 5.92 Å². The number of aromatic nitrogens is 2. The van der Waals surface area contributed by atoms with Crippen molar-refractivity contribution in [2.75, 3.05) is 26.3 Å². The lowest BCUT2D eigenvalue weighted by Crippen LogP contribution is -2.41. The van der Waals surface area contributed by atoms with Gasteiger partial charge in [0, 0.05) is 13.1 Å². The lowest BCUT2D eigenvalue weighted by molar-refractivity contribution is -0.125. The van der Waals surface area contributed by atoms with Crippen molar-refractivity contribution < 1.29 is 9.53 Å². The van der Waals surface area contributed by atoms with Crippen molar-refractivity contribution in [2.24, 2.45) is 5.92 Å². The molecule has 1 aromatic heterocycles. The molecule has 0 aliphatic carbocycles. The highest BCUT2D eigenvalue weighted by Crippen LogP contribution is 2.17. The minimum Gasteiger partial charge on any atom is -0.378 e. The Hall–Kier alpha value is -1.92. The molecule has 6 nitrogen and oxygen atoms in total. The first-order valence-electron chi connectivity index (χ1n) is 7.32. The molecule has 4 rings (SSSR count). The third-order valence-electron chi connectivity index (χ3n) is 4.12. The molecular weight excluding hydrogens is 268 g/mol. The van der Waals surface area contributed by atoms with Gasteiger partial charge in [-0.2, -0.15) is 0 Å². The highest BCUT2D eigenvalue weighted by molar-refractivity contribution is 5.80. The van der Waals surface area contributed by atoms with Crippen LogP contribution in [-0.4, -0.2) is 53.1 Å². The van der Waals surface area contributed by atoms with E-state index in [0.29, 0.717) is 13.2 Å². The van der Waals surface area contributed by atoms with E-state index < -0.39 is 0 Å². The summed E-state index contributed by atoms with van der Waals surface area (Å²) in [7, 11) is 0. The van der Waals surface area contributed by atoms with Crippen LogP contribution >= 0.6 is 0 Å². The standard InChI is InChI=1S/C15H18N4O2/c20-15-10-5-19(6-11(16-15)9-21-8-10)7-14-17-12-3-1-2-4-13(12)18-14/h1-4,10-11H,5-9H2,(H,16,20)(H,17,18)/t10-,11+/m1/s1. The van der Waals surface area contributed by atoms with Gasteiger partial charge in [0.25, 0.3) is 0 Å². The molecular formula is C15H18N4O2. The van der Waals surface area contributed by atoms with Gasteiger partial charge in [0.2, 0.25) is 5.91 Å². The summed E-state index contributed by atoms with van der Waals surface area (Å²) in [6, 6.07) is 8.10. The fraction of sp³-hybridized carbons (Fsp3) is 0.467. The topological polar surface area (TPSA) is 70.2 Å². The Labute approximate surface area is 122 Å². The Kier molecular flexibility index (Phi) is 3.12. The van der Waals surface area contributed by atoms with Gasteiger partial charge in [-0.25, -0.2) is 4.98 Å². The first kappa shape index (κ1) is 12.8. The highest BCUT2D eigenvalue weighted by Gasteiger charge is 2.33. The summed E-state index contributed by atoms with van der Waals surface area (Å²) in [6.07, 6.45) is 0. The van der Waals surface area contributed by atoms with Crippen LogP contribution in [0.1, 0.15) is 5.82 Å². The van der Waals surface area contributed by atoms with Gasteiger partial charge < -0.3 is 15.0 Å². The molecule has 21 heavy (non-hydrogen) atoms. The van der Waals surface area contributed by atoms with Crippen LogP contribution in [0.15, 0.2) is 24.3 Å². The summed E-state index contributed by atoms with van der Waals surface area (Å²) < 4.78 is 5.55. The summed E-state index contributed by atoms with van der Waals surface area (Å²) in [5.74, 6) is 0.982. The monoisotopic (exact) mass is 286 g/mol. The minimum absolute atomic E-state index is 0.0781. The second-order valence-corrected chi connectivity index (χ2v) is 5.83. The molecule has 2 atom stereocenters. The molecule has 3 heterocycles. The number of H-pyrrole nitrogens is 1. The van der Waals surface area contributed by atoms with Crippen molar-refractivity contribution >= 4 is 16.9 Å². The molecule has 2 aliphatic rings. The van der Waals surface area contributed by atoms with Crippen LogP contribution < -0.4 is 5.32 Å². The molecule has 0 spiro atoms. The zero-order chi connectivity index (χ0) is 14.2. The summed E-state index contributed by atoms with van der Waals surface area (Å²) in [5, 5.41) is 3.05. The highest BCUT2D eigenvalue weighted by atomic mass is 16.5. The number of ether oxygens (including phenoxy) is 1. The molecule has 110 valence electrons. The molecule has 6 heteroatoms. The van der Waals surface area contributed by atoms with Gasteiger partial charge in [0.05, 0.1) is 42.8 Å². The van der Waals surface area contributed by atoms with Gasteiger partial charge in [0.15, 0.2) is 0 Å². The molecule has 2 saturated heterocycles. The van der Waals surface area contributed by atoms with Crippen molar-refractivity contribution in [1.29, 1.82) is 0 Å². The predicted octanol–water partition coefficient (Wildman–Crippen LogP) is 0.510. The van der Waals surface area contributed by atoms with E-state index in [-0.39, 0.29) is 17.9 Å². The van der Waals surface area contributed by atoms with Crippen LogP contribution in [0.2, 0.25) is 0 Å². The van der Waals surface area contributed by atoms with E-state index in [9.17, 15) is 4.79 Å². The summed E-state index contributed by atoms with van der Waals surface area (Å²) in [6.45, 7) is 3.37. The van der Waals surface area contributed by atoms with Gasteiger partial charge in [0.1, 0.15) is 5.82 Å². The Morgan fingerprint density at radius 3 is 3.10 bits per heavy atom. The van der Waals surface area contributed by atoms with Gasteiger partial charge in [-0.15, -0.1) is 0 Å². The SMILES string of the molecule is O=C1N[C@@H]2COC[C@H]1CN(Cc1nc3ccccc3[nH]1)C2. The van der Waals surface area contributed by atoms with E-state index in [2.05, 4.69) is 20.2 Å². The van der Waals surface area contributed by atoms with Gasteiger partial charge >= 0.3 is 0 Å². The third-order valence-corrected chi connectivity index (χ3v) is 4.12. The Morgan fingerprint density at radius 2 is 2.19 bits per heavy atom. The second kappa shape index (κ2) is 5.13. The number of nitrogens with zero attached hydrogens (tertiary/aromatic N) is 2. The third kappa shape index (κ3) is 2.52. The maximum absolute atomic E-state index is 12.0. The average Bonchev–Trinajstić information content (AvgIpc) is 2.69. The van der Waals surface area contributed by atoms with Crippen LogP contribution in [0.25, 0.3) is 11.0 Å². The number of aromatic amines is 1. The number of imidazole rings is 1. The number of carbonyl (C=O) groups is 1. The Bertz CT molecular complexity index is 635. The quantitative estimate of drug-likeness (QED) is 0.844. The fourth-order valence-electron chi connectivity index (χ4n) is 3.14. The molecule has 2 aromatic rings. The number of amides is 1. The van der Waals surface area contributed by atoms with E-state index in [1.807, 2.05) is 24.3 Å². The van der Waals surface area contributed by atoms with E-state index in [0.717, 1.165) is 36.5 Å². The van der Waals surface area contributed by atoms with E-state index in [4.69, 9.17) is 4.74 Å². The first-order valence-corrected chi connectivity index (χ1v) is 7.32. The number of para-hydroxylation sites is 2.